The first-order valence-electron chi connectivity index (χ1n) is 6.17. The Bertz CT molecular complexity index is 415. The Morgan fingerprint density at radius 1 is 1.41 bits per heavy atom. The van der Waals surface area contributed by atoms with Gasteiger partial charge in [0.15, 0.2) is 0 Å². The molecule has 0 aromatic heterocycles. The lowest BCUT2D eigenvalue weighted by molar-refractivity contribution is 0.301. The van der Waals surface area contributed by atoms with Crippen molar-refractivity contribution in [1.29, 1.82) is 0 Å². The third-order valence-corrected chi connectivity index (χ3v) is 3.71. The van der Waals surface area contributed by atoms with E-state index in [1.165, 1.54) is 11.3 Å². The quantitative estimate of drug-likeness (QED) is 0.826. The molecule has 0 aliphatic carbocycles. The molecular formula is C14H21ClN2. The molecule has 2 rings (SSSR count). The molecule has 1 aromatic rings. The zero-order valence-corrected chi connectivity index (χ0v) is 11.8. The van der Waals surface area contributed by atoms with E-state index in [9.17, 15) is 0 Å². The van der Waals surface area contributed by atoms with Gasteiger partial charge in [-0.2, -0.15) is 0 Å². The molecule has 1 heterocycles. The standard InChI is InChI=1S/C14H21ClN2/c1-10-8-17(9-14(3,4)16-10)13-7-5-6-12(15)11(13)2/h5-7,10,16H,8-9H2,1-4H3. The molecular weight excluding hydrogens is 232 g/mol. The van der Waals surface area contributed by atoms with Crippen LogP contribution in [0.4, 0.5) is 5.69 Å². The van der Waals surface area contributed by atoms with Gasteiger partial charge >= 0.3 is 0 Å². The molecule has 0 saturated carbocycles. The normalized spacial score (nSPS) is 23.8. The van der Waals surface area contributed by atoms with E-state index in [2.05, 4.69) is 44.0 Å². The Morgan fingerprint density at radius 2 is 2.12 bits per heavy atom. The predicted molar refractivity (Wildman–Crippen MR) is 75.1 cm³/mol. The Kier molecular flexibility index (Phi) is 3.37. The Balaban J connectivity index is 2.30. The van der Waals surface area contributed by atoms with E-state index in [0.717, 1.165) is 18.1 Å². The molecule has 1 N–H and O–H groups in total. The minimum Gasteiger partial charge on any atom is -0.368 e. The Hall–Kier alpha value is -0.730. The highest BCUT2D eigenvalue weighted by Crippen LogP contribution is 2.29. The third kappa shape index (κ3) is 2.75. The van der Waals surface area contributed by atoms with Crippen LogP contribution in [0.25, 0.3) is 0 Å². The number of benzene rings is 1. The fourth-order valence-electron chi connectivity index (χ4n) is 2.75. The molecule has 0 bridgehead atoms. The van der Waals surface area contributed by atoms with Gasteiger partial charge in [-0.1, -0.05) is 17.7 Å². The Morgan fingerprint density at radius 3 is 2.76 bits per heavy atom. The summed E-state index contributed by atoms with van der Waals surface area (Å²) in [5, 5.41) is 4.47. The smallest absolute Gasteiger partial charge is 0.0455 e. The maximum absolute atomic E-state index is 6.20. The zero-order valence-electron chi connectivity index (χ0n) is 11.0. The number of piperazine rings is 1. The summed E-state index contributed by atoms with van der Waals surface area (Å²) in [4.78, 5) is 2.43. The first-order chi connectivity index (χ1) is 7.89. The van der Waals surface area contributed by atoms with Gasteiger partial charge in [0.05, 0.1) is 0 Å². The number of nitrogens with one attached hydrogen (secondary N) is 1. The lowest BCUT2D eigenvalue weighted by atomic mass is 9.98. The van der Waals surface area contributed by atoms with Crippen LogP contribution in [-0.4, -0.2) is 24.7 Å². The minimum atomic E-state index is 0.145. The summed E-state index contributed by atoms with van der Waals surface area (Å²) < 4.78 is 0. The van der Waals surface area contributed by atoms with Crippen molar-refractivity contribution in [3.05, 3.63) is 28.8 Å². The first kappa shape index (κ1) is 12.7. The first-order valence-corrected chi connectivity index (χ1v) is 6.54. The van der Waals surface area contributed by atoms with Crippen molar-refractivity contribution in [2.45, 2.75) is 39.3 Å². The summed E-state index contributed by atoms with van der Waals surface area (Å²) in [6.45, 7) is 10.9. The van der Waals surface area contributed by atoms with Crippen LogP contribution in [0.3, 0.4) is 0 Å². The number of rotatable bonds is 1. The topological polar surface area (TPSA) is 15.3 Å². The van der Waals surface area contributed by atoms with Crippen molar-refractivity contribution < 1.29 is 0 Å². The van der Waals surface area contributed by atoms with Gasteiger partial charge in [-0.3, -0.25) is 0 Å². The molecule has 0 radical (unpaired) electrons. The fourth-order valence-corrected chi connectivity index (χ4v) is 2.92. The van der Waals surface area contributed by atoms with Crippen LogP contribution in [0.5, 0.6) is 0 Å². The summed E-state index contributed by atoms with van der Waals surface area (Å²) in [6, 6.07) is 6.65. The highest BCUT2D eigenvalue weighted by Gasteiger charge is 2.30. The predicted octanol–water partition coefficient (Wildman–Crippen LogP) is 3.23. The molecule has 94 valence electrons. The molecule has 1 saturated heterocycles. The van der Waals surface area contributed by atoms with Crippen LogP contribution in [-0.2, 0) is 0 Å². The van der Waals surface area contributed by atoms with Crippen molar-refractivity contribution >= 4 is 17.3 Å². The van der Waals surface area contributed by atoms with E-state index >= 15 is 0 Å². The second kappa shape index (κ2) is 4.51. The highest BCUT2D eigenvalue weighted by molar-refractivity contribution is 6.31. The van der Waals surface area contributed by atoms with Crippen LogP contribution >= 0.6 is 11.6 Å². The maximum atomic E-state index is 6.20. The van der Waals surface area contributed by atoms with Crippen molar-refractivity contribution in [3.63, 3.8) is 0 Å². The lowest BCUT2D eigenvalue weighted by Gasteiger charge is -2.44. The second-order valence-corrected chi connectivity index (χ2v) is 6.10. The van der Waals surface area contributed by atoms with Crippen LogP contribution in [0.1, 0.15) is 26.3 Å². The third-order valence-electron chi connectivity index (χ3n) is 3.30. The van der Waals surface area contributed by atoms with Crippen molar-refractivity contribution in [3.8, 4) is 0 Å². The SMILES string of the molecule is Cc1c(Cl)cccc1N1CC(C)NC(C)(C)C1. The average Bonchev–Trinajstić information content (AvgIpc) is 2.19. The van der Waals surface area contributed by atoms with Gasteiger partial charge in [-0.05, 0) is 45.4 Å². The monoisotopic (exact) mass is 252 g/mol. The summed E-state index contributed by atoms with van der Waals surface area (Å²) in [7, 11) is 0. The molecule has 1 unspecified atom stereocenters. The molecule has 3 heteroatoms. The van der Waals surface area contributed by atoms with Crippen LogP contribution < -0.4 is 10.2 Å². The molecule has 0 amide bonds. The van der Waals surface area contributed by atoms with E-state index in [-0.39, 0.29) is 5.54 Å². The van der Waals surface area contributed by atoms with E-state index in [1.54, 1.807) is 0 Å². The fraction of sp³-hybridized carbons (Fsp3) is 0.571. The van der Waals surface area contributed by atoms with Gasteiger partial charge in [-0.15, -0.1) is 0 Å². The lowest BCUT2D eigenvalue weighted by Crippen LogP contribution is -2.61. The maximum Gasteiger partial charge on any atom is 0.0455 e. The van der Waals surface area contributed by atoms with Gasteiger partial charge in [0.2, 0.25) is 0 Å². The summed E-state index contributed by atoms with van der Waals surface area (Å²) in [5.41, 5.74) is 2.59. The van der Waals surface area contributed by atoms with Gasteiger partial charge in [0, 0.05) is 35.4 Å². The summed E-state index contributed by atoms with van der Waals surface area (Å²) >= 11 is 6.20. The highest BCUT2D eigenvalue weighted by atomic mass is 35.5. The molecule has 1 fully saturated rings. The Labute approximate surface area is 109 Å². The molecule has 17 heavy (non-hydrogen) atoms. The van der Waals surface area contributed by atoms with E-state index < -0.39 is 0 Å². The molecule has 2 nitrogen and oxygen atoms in total. The number of anilines is 1. The van der Waals surface area contributed by atoms with Gasteiger partial charge in [-0.25, -0.2) is 0 Å². The van der Waals surface area contributed by atoms with Crippen LogP contribution in [0.15, 0.2) is 18.2 Å². The molecule has 1 aliphatic rings. The molecule has 1 atom stereocenters. The van der Waals surface area contributed by atoms with Gasteiger partial charge in [0.1, 0.15) is 0 Å². The van der Waals surface area contributed by atoms with Crippen molar-refractivity contribution in [2.24, 2.45) is 0 Å². The average molecular weight is 253 g/mol. The van der Waals surface area contributed by atoms with Gasteiger partial charge < -0.3 is 10.2 Å². The zero-order chi connectivity index (χ0) is 12.6. The van der Waals surface area contributed by atoms with Crippen molar-refractivity contribution in [2.75, 3.05) is 18.0 Å². The van der Waals surface area contributed by atoms with Crippen LogP contribution in [0, 0.1) is 6.92 Å². The number of nitrogens with zero attached hydrogens (tertiary/aromatic N) is 1. The number of hydrogen-bond donors (Lipinski definition) is 1. The minimum absolute atomic E-state index is 0.145. The largest absolute Gasteiger partial charge is 0.368 e. The summed E-state index contributed by atoms with van der Waals surface area (Å²) in [5.74, 6) is 0. The van der Waals surface area contributed by atoms with Crippen LogP contribution in [0.2, 0.25) is 5.02 Å². The van der Waals surface area contributed by atoms with E-state index in [1.807, 2.05) is 12.1 Å². The van der Waals surface area contributed by atoms with E-state index in [0.29, 0.717) is 6.04 Å². The number of hydrogen-bond acceptors (Lipinski definition) is 2. The second-order valence-electron chi connectivity index (χ2n) is 5.69. The summed E-state index contributed by atoms with van der Waals surface area (Å²) in [6.07, 6.45) is 0. The molecule has 0 spiro atoms. The van der Waals surface area contributed by atoms with Crippen molar-refractivity contribution in [1.82, 2.24) is 5.32 Å². The molecule has 1 aromatic carbocycles. The number of halogens is 1. The van der Waals surface area contributed by atoms with Gasteiger partial charge in [0.25, 0.3) is 0 Å². The van der Waals surface area contributed by atoms with E-state index in [4.69, 9.17) is 11.6 Å². The molecule has 1 aliphatic heterocycles.